The third kappa shape index (κ3) is 11.3. The summed E-state index contributed by atoms with van der Waals surface area (Å²) in [7, 11) is 0. The van der Waals surface area contributed by atoms with Crippen LogP contribution in [0.5, 0.6) is 0 Å². The van der Waals surface area contributed by atoms with E-state index in [-0.39, 0.29) is 11.9 Å². The molecule has 0 aromatic heterocycles. The van der Waals surface area contributed by atoms with E-state index in [0.29, 0.717) is 13.2 Å². The molecule has 0 radical (unpaired) electrons. The van der Waals surface area contributed by atoms with Gasteiger partial charge in [-0.15, -0.1) is 0 Å². The lowest BCUT2D eigenvalue weighted by Crippen LogP contribution is -2.17. The van der Waals surface area contributed by atoms with Crippen LogP contribution in [0.25, 0.3) is 0 Å². The zero-order valence-electron chi connectivity index (χ0n) is 13.5. The Bertz CT molecular complexity index is 216. The van der Waals surface area contributed by atoms with Crippen LogP contribution in [0.1, 0.15) is 84.5 Å². The Morgan fingerprint density at radius 2 is 1.55 bits per heavy atom. The fourth-order valence-corrected chi connectivity index (χ4v) is 2.33. The minimum atomic E-state index is 0.00361. The molecule has 0 spiro atoms. The molecule has 0 aromatic rings. The lowest BCUT2D eigenvalue weighted by molar-refractivity contribution is -0.149. The van der Waals surface area contributed by atoms with Crippen molar-refractivity contribution in [3.8, 4) is 0 Å². The SMILES string of the molecule is CCCCC(CC)C(=O)OCCCCCCCCCO. The summed E-state index contributed by atoms with van der Waals surface area (Å²) in [6.07, 6.45) is 11.9. The van der Waals surface area contributed by atoms with Crippen molar-refractivity contribution in [2.45, 2.75) is 84.5 Å². The van der Waals surface area contributed by atoms with E-state index in [2.05, 4.69) is 13.8 Å². The van der Waals surface area contributed by atoms with Crippen LogP contribution in [0.3, 0.4) is 0 Å². The summed E-state index contributed by atoms with van der Waals surface area (Å²) in [5.41, 5.74) is 0. The first kappa shape index (κ1) is 19.4. The molecule has 0 heterocycles. The van der Waals surface area contributed by atoms with Gasteiger partial charge in [-0.25, -0.2) is 0 Å². The van der Waals surface area contributed by atoms with Gasteiger partial charge in [0.05, 0.1) is 12.5 Å². The molecule has 0 aromatic carbocycles. The third-order valence-corrected chi connectivity index (χ3v) is 3.78. The Kier molecular flexibility index (Phi) is 14.4. The van der Waals surface area contributed by atoms with Gasteiger partial charge < -0.3 is 9.84 Å². The summed E-state index contributed by atoms with van der Waals surface area (Å²) in [4.78, 5) is 11.8. The van der Waals surface area contributed by atoms with E-state index in [1.807, 2.05) is 0 Å². The normalized spacial score (nSPS) is 12.3. The van der Waals surface area contributed by atoms with Crippen LogP contribution >= 0.6 is 0 Å². The molecule has 0 rings (SSSR count). The van der Waals surface area contributed by atoms with Crippen LogP contribution in [0.4, 0.5) is 0 Å². The molecule has 3 heteroatoms. The lowest BCUT2D eigenvalue weighted by atomic mass is 10.00. The third-order valence-electron chi connectivity index (χ3n) is 3.78. The van der Waals surface area contributed by atoms with Gasteiger partial charge in [-0.05, 0) is 25.7 Å². The van der Waals surface area contributed by atoms with E-state index in [4.69, 9.17) is 9.84 Å². The highest BCUT2D eigenvalue weighted by Crippen LogP contribution is 2.15. The number of ether oxygens (including phenoxy) is 1. The van der Waals surface area contributed by atoms with Crippen LogP contribution in [-0.4, -0.2) is 24.3 Å². The van der Waals surface area contributed by atoms with Crippen LogP contribution in [-0.2, 0) is 9.53 Å². The van der Waals surface area contributed by atoms with Crippen molar-refractivity contribution in [1.29, 1.82) is 0 Å². The molecule has 0 saturated heterocycles. The molecular weight excluding hydrogens is 252 g/mol. The molecule has 20 heavy (non-hydrogen) atoms. The summed E-state index contributed by atoms with van der Waals surface area (Å²) < 4.78 is 5.37. The second kappa shape index (κ2) is 14.8. The summed E-state index contributed by atoms with van der Waals surface area (Å²) in [5.74, 6) is 0.109. The van der Waals surface area contributed by atoms with Crippen molar-refractivity contribution < 1.29 is 14.6 Å². The number of rotatable bonds is 14. The number of hydrogen-bond acceptors (Lipinski definition) is 3. The summed E-state index contributed by atoms with van der Waals surface area (Å²) in [6.45, 7) is 5.11. The number of hydrogen-bond donors (Lipinski definition) is 1. The van der Waals surface area contributed by atoms with E-state index >= 15 is 0 Å². The quantitative estimate of drug-likeness (QED) is 0.378. The molecule has 1 N–H and O–H groups in total. The number of esters is 1. The molecule has 1 unspecified atom stereocenters. The molecule has 0 aliphatic heterocycles. The summed E-state index contributed by atoms with van der Waals surface area (Å²) in [6, 6.07) is 0. The van der Waals surface area contributed by atoms with Crippen molar-refractivity contribution in [3.63, 3.8) is 0 Å². The van der Waals surface area contributed by atoms with E-state index in [9.17, 15) is 4.79 Å². The standard InChI is InChI=1S/C17H34O3/c1-3-5-13-16(4-2)17(19)20-15-12-10-8-6-7-9-11-14-18/h16,18H,3-15H2,1-2H3. The first-order chi connectivity index (χ1) is 9.76. The first-order valence-corrected chi connectivity index (χ1v) is 8.53. The first-order valence-electron chi connectivity index (χ1n) is 8.53. The monoisotopic (exact) mass is 286 g/mol. The topological polar surface area (TPSA) is 46.5 Å². The van der Waals surface area contributed by atoms with Crippen molar-refractivity contribution in [3.05, 3.63) is 0 Å². The van der Waals surface area contributed by atoms with Crippen LogP contribution in [0.2, 0.25) is 0 Å². The van der Waals surface area contributed by atoms with Crippen LogP contribution in [0, 0.1) is 5.92 Å². The Morgan fingerprint density at radius 3 is 2.10 bits per heavy atom. The Morgan fingerprint density at radius 1 is 0.950 bits per heavy atom. The van der Waals surface area contributed by atoms with Crippen LogP contribution < -0.4 is 0 Å². The van der Waals surface area contributed by atoms with Gasteiger partial charge in [-0.2, -0.15) is 0 Å². The van der Waals surface area contributed by atoms with Gasteiger partial charge >= 0.3 is 5.97 Å². The highest BCUT2D eigenvalue weighted by molar-refractivity contribution is 5.72. The van der Waals surface area contributed by atoms with E-state index < -0.39 is 0 Å². The molecule has 0 saturated carbocycles. The second-order valence-electron chi connectivity index (χ2n) is 5.61. The Labute approximate surface area is 125 Å². The second-order valence-corrected chi connectivity index (χ2v) is 5.61. The number of aliphatic hydroxyl groups excluding tert-OH is 1. The minimum Gasteiger partial charge on any atom is -0.465 e. The largest absolute Gasteiger partial charge is 0.465 e. The van der Waals surface area contributed by atoms with Crippen molar-refractivity contribution in [1.82, 2.24) is 0 Å². The molecule has 0 bridgehead atoms. The average molecular weight is 286 g/mol. The van der Waals surface area contributed by atoms with Crippen LogP contribution in [0.15, 0.2) is 0 Å². The number of unbranched alkanes of at least 4 members (excludes halogenated alkanes) is 7. The fourth-order valence-electron chi connectivity index (χ4n) is 2.33. The van der Waals surface area contributed by atoms with Gasteiger partial charge in [0.1, 0.15) is 0 Å². The predicted octanol–water partition coefficient (Wildman–Crippen LogP) is 4.47. The summed E-state index contributed by atoms with van der Waals surface area (Å²) in [5, 5.41) is 8.66. The van der Waals surface area contributed by atoms with Gasteiger partial charge in [0.2, 0.25) is 0 Å². The number of aliphatic hydroxyl groups is 1. The maximum Gasteiger partial charge on any atom is 0.308 e. The molecule has 120 valence electrons. The maximum atomic E-state index is 11.8. The number of carbonyl (C=O) groups excluding carboxylic acids is 1. The van der Waals surface area contributed by atoms with Gasteiger partial charge in [0.15, 0.2) is 0 Å². The Hall–Kier alpha value is -0.570. The van der Waals surface area contributed by atoms with E-state index in [1.165, 1.54) is 19.3 Å². The number of carbonyl (C=O) groups is 1. The molecule has 0 aliphatic rings. The highest BCUT2D eigenvalue weighted by atomic mass is 16.5. The molecule has 3 nitrogen and oxygen atoms in total. The van der Waals surface area contributed by atoms with Gasteiger partial charge in [-0.1, -0.05) is 58.8 Å². The average Bonchev–Trinajstić information content (AvgIpc) is 2.46. The fraction of sp³-hybridized carbons (Fsp3) is 0.941. The minimum absolute atomic E-state index is 0.00361. The Balaban J connectivity index is 3.41. The maximum absolute atomic E-state index is 11.8. The van der Waals surface area contributed by atoms with Gasteiger partial charge in [-0.3, -0.25) is 4.79 Å². The van der Waals surface area contributed by atoms with Crippen molar-refractivity contribution >= 4 is 5.97 Å². The van der Waals surface area contributed by atoms with E-state index in [1.54, 1.807) is 0 Å². The van der Waals surface area contributed by atoms with Crippen molar-refractivity contribution in [2.75, 3.05) is 13.2 Å². The van der Waals surface area contributed by atoms with Crippen molar-refractivity contribution in [2.24, 2.45) is 5.92 Å². The molecular formula is C17H34O3. The lowest BCUT2D eigenvalue weighted by Gasteiger charge is -2.13. The molecule has 1 atom stereocenters. The summed E-state index contributed by atoms with van der Waals surface area (Å²) >= 11 is 0. The molecule has 0 aliphatic carbocycles. The van der Waals surface area contributed by atoms with E-state index in [0.717, 1.165) is 51.4 Å². The molecule has 0 fully saturated rings. The molecule has 0 amide bonds. The highest BCUT2D eigenvalue weighted by Gasteiger charge is 2.16. The van der Waals surface area contributed by atoms with Gasteiger partial charge in [0.25, 0.3) is 0 Å². The zero-order chi connectivity index (χ0) is 15.1. The zero-order valence-corrected chi connectivity index (χ0v) is 13.5. The predicted molar refractivity (Wildman–Crippen MR) is 83.7 cm³/mol. The van der Waals surface area contributed by atoms with Gasteiger partial charge in [0, 0.05) is 6.61 Å². The smallest absolute Gasteiger partial charge is 0.308 e.